The number of aryl methyl sites for hydroxylation is 2. The van der Waals surface area contributed by atoms with Gasteiger partial charge < -0.3 is 9.88 Å². The number of hydrogen-bond acceptors (Lipinski definition) is 6. The number of pyridine rings is 1. The van der Waals surface area contributed by atoms with E-state index in [0.717, 1.165) is 34.7 Å². The van der Waals surface area contributed by atoms with E-state index in [4.69, 9.17) is 15.0 Å². The van der Waals surface area contributed by atoms with Crippen LogP contribution in [0.1, 0.15) is 57.0 Å². The first-order chi connectivity index (χ1) is 13.4. The fourth-order valence-electron chi connectivity index (χ4n) is 3.97. The molecule has 0 fully saturated rings. The van der Waals surface area contributed by atoms with Crippen molar-refractivity contribution < 1.29 is 0 Å². The van der Waals surface area contributed by atoms with Crippen LogP contribution >= 0.6 is 0 Å². The summed E-state index contributed by atoms with van der Waals surface area (Å²) in [5, 5.41) is 4.54. The van der Waals surface area contributed by atoms with Crippen molar-refractivity contribution >= 4 is 11.8 Å². The van der Waals surface area contributed by atoms with Crippen LogP contribution < -0.4 is 16.2 Å². The molecule has 0 saturated heterocycles. The normalized spacial score (nSPS) is 20.8. The summed E-state index contributed by atoms with van der Waals surface area (Å²) in [5.41, 5.74) is 4.35. The van der Waals surface area contributed by atoms with Crippen molar-refractivity contribution in [2.45, 2.75) is 72.6 Å². The van der Waals surface area contributed by atoms with Crippen LogP contribution in [-0.4, -0.2) is 37.5 Å². The zero-order chi connectivity index (χ0) is 20.0. The van der Waals surface area contributed by atoms with E-state index >= 15 is 0 Å². The molecule has 1 N–H and O–H groups in total. The highest BCUT2D eigenvalue weighted by molar-refractivity contribution is 5.89. The molecule has 0 radical (unpaired) electrons. The largest absolute Gasteiger partial charge is 0.365 e. The van der Waals surface area contributed by atoms with Gasteiger partial charge >= 0.3 is 0 Å². The van der Waals surface area contributed by atoms with E-state index in [1.807, 2.05) is 19.4 Å². The van der Waals surface area contributed by atoms with Crippen LogP contribution in [0.3, 0.4) is 0 Å². The highest BCUT2D eigenvalue weighted by atomic mass is 15.4. The molecular weight excluding hydrogens is 350 g/mol. The van der Waals surface area contributed by atoms with Gasteiger partial charge in [0.1, 0.15) is 11.2 Å². The second-order valence-corrected chi connectivity index (χ2v) is 8.00. The lowest BCUT2D eigenvalue weighted by Gasteiger charge is -2.30. The molecule has 0 bridgehead atoms. The van der Waals surface area contributed by atoms with Crippen LogP contribution in [0.2, 0.25) is 0 Å². The summed E-state index contributed by atoms with van der Waals surface area (Å²) in [6.07, 6.45) is 4.83. The highest BCUT2D eigenvalue weighted by Gasteiger charge is 2.37. The lowest BCUT2D eigenvalue weighted by Crippen LogP contribution is -2.51. The van der Waals surface area contributed by atoms with Crippen molar-refractivity contribution in [3.63, 3.8) is 0 Å². The van der Waals surface area contributed by atoms with Gasteiger partial charge in [0.2, 0.25) is 5.96 Å². The first-order valence-electron chi connectivity index (χ1n) is 10.1. The number of aliphatic imine (C=N–C) groups is 1. The van der Waals surface area contributed by atoms with Gasteiger partial charge in [-0.1, -0.05) is 6.92 Å². The molecule has 4 heterocycles. The van der Waals surface area contributed by atoms with E-state index in [1.165, 1.54) is 11.1 Å². The van der Waals surface area contributed by atoms with Gasteiger partial charge in [-0.3, -0.25) is 9.88 Å². The molecule has 0 aromatic carbocycles. The number of fused-ring (bicyclic) bond motifs is 2. The molecule has 0 spiro atoms. The summed E-state index contributed by atoms with van der Waals surface area (Å²) in [6, 6.07) is 2.91. The van der Waals surface area contributed by atoms with Gasteiger partial charge in [0.05, 0.1) is 18.4 Å². The first kappa shape index (κ1) is 18.7. The summed E-state index contributed by atoms with van der Waals surface area (Å²) in [4.78, 5) is 21.1. The minimum absolute atomic E-state index is 0.245. The quantitative estimate of drug-likeness (QED) is 0.860. The Morgan fingerprint density at radius 2 is 2.00 bits per heavy atom. The highest BCUT2D eigenvalue weighted by Crippen LogP contribution is 2.25. The van der Waals surface area contributed by atoms with Gasteiger partial charge in [0, 0.05) is 24.5 Å². The predicted molar refractivity (Wildman–Crippen MR) is 110 cm³/mol. The molecule has 7 heteroatoms. The summed E-state index contributed by atoms with van der Waals surface area (Å²) in [7, 11) is 0. The van der Waals surface area contributed by atoms with Crippen LogP contribution in [0.4, 0.5) is 0 Å². The van der Waals surface area contributed by atoms with Crippen LogP contribution in [0.25, 0.3) is 5.82 Å². The van der Waals surface area contributed by atoms with Crippen molar-refractivity contribution in [3.8, 4) is 0 Å². The average molecular weight is 380 g/mol. The Hall–Kier alpha value is -2.70. The Labute approximate surface area is 165 Å². The van der Waals surface area contributed by atoms with Crippen LogP contribution in [0.15, 0.2) is 28.6 Å². The second kappa shape index (κ2) is 7.04. The Balaban J connectivity index is 1.79. The van der Waals surface area contributed by atoms with E-state index in [9.17, 15) is 0 Å². The molecule has 2 atom stereocenters. The lowest BCUT2D eigenvalue weighted by molar-refractivity contribution is 0.390. The van der Waals surface area contributed by atoms with Gasteiger partial charge in [0.15, 0.2) is 5.49 Å². The SMILES string of the molecule is CC[C@@H]1N=C2N=c3c(ncn3C(C)C)=C(NCc3cnc(C)cc3C)N2[C@H]1C. The Kier molecular flexibility index (Phi) is 4.69. The number of imidazole rings is 1. The number of nitrogens with zero attached hydrogens (tertiary/aromatic N) is 6. The molecule has 0 saturated carbocycles. The smallest absolute Gasteiger partial charge is 0.229 e. The summed E-state index contributed by atoms with van der Waals surface area (Å²) < 4.78 is 2.11. The van der Waals surface area contributed by atoms with E-state index in [2.05, 4.69) is 60.5 Å². The number of aromatic nitrogens is 3. The minimum Gasteiger partial charge on any atom is -0.365 e. The van der Waals surface area contributed by atoms with Crippen molar-refractivity contribution in [1.82, 2.24) is 24.8 Å². The van der Waals surface area contributed by atoms with Crippen molar-refractivity contribution in [3.05, 3.63) is 46.2 Å². The maximum Gasteiger partial charge on any atom is 0.229 e. The maximum atomic E-state index is 4.88. The molecule has 7 nitrogen and oxygen atoms in total. The van der Waals surface area contributed by atoms with E-state index in [-0.39, 0.29) is 18.1 Å². The topological polar surface area (TPSA) is 70.7 Å². The third kappa shape index (κ3) is 2.99. The van der Waals surface area contributed by atoms with E-state index in [0.29, 0.717) is 6.54 Å². The Morgan fingerprint density at radius 1 is 1.21 bits per heavy atom. The summed E-state index contributed by atoms with van der Waals surface area (Å²) >= 11 is 0. The standard InChI is InChI=1S/C21H29N7/c1-7-17-15(6)28-19(23-10-16-9-22-14(5)8-13(16)4)18-20(26-21(28)25-17)27(11-24-18)12(2)3/h8-9,11-12,15,17,23H,7,10H2,1-6H3/t15-,17-/m0/s1. The Bertz CT molecular complexity index is 1050. The van der Waals surface area contributed by atoms with E-state index in [1.54, 1.807) is 0 Å². The Morgan fingerprint density at radius 3 is 2.68 bits per heavy atom. The third-order valence-corrected chi connectivity index (χ3v) is 5.68. The number of guanidine groups is 1. The molecule has 2 aromatic heterocycles. The summed E-state index contributed by atoms with van der Waals surface area (Å²) in [5.74, 6) is 1.78. The fourth-order valence-corrected chi connectivity index (χ4v) is 3.97. The van der Waals surface area contributed by atoms with Gasteiger partial charge in [-0.15, -0.1) is 0 Å². The minimum atomic E-state index is 0.245. The van der Waals surface area contributed by atoms with Crippen molar-refractivity contribution in [1.29, 1.82) is 0 Å². The molecule has 0 unspecified atom stereocenters. The van der Waals surface area contributed by atoms with Gasteiger partial charge in [0.25, 0.3) is 0 Å². The average Bonchev–Trinajstić information content (AvgIpc) is 3.21. The molecule has 28 heavy (non-hydrogen) atoms. The third-order valence-electron chi connectivity index (χ3n) is 5.68. The number of nitrogens with one attached hydrogen (secondary N) is 1. The molecule has 2 aliphatic heterocycles. The molecule has 4 rings (SSSR count). The number of hydrogen-bond donors (Lipinski definition) is 1. The fraction of sp³-hybridized carbons (Fsp3) is 0.524. The number of rotatable bonds is 5. The van der Waals surface area contributed by atoms with Gasteiger partial charge in [-0.2, -0.15) is 4.99 Å². The molecule has 2 aromatic rings. The van der Waals surface area contributed by atoms with Crippen LogP contribution in [0.5, 0.6) is 0 Å². The molecular formula is C21H29N7. The van der Waals surface area contributed by atoms with Gasteiger partial charge in [-0.05, 0) is 58.2 Å². The first-order valence-corrected chi connectivity index (χ1v) is 10.1. The molecule has 148 valence electrons. The zero-order valence-electron chi connectivity index (χ0n) is 17.6. The zero-order valence-corrected chi connectivity index (χ0v) is 17.6. The van der Waals surface area contributed by atoms with Gasteiger partial charge in [-0.25, -0.2) is 9.98 Å². The van der Waals surface area contributed by atoms with Crippen LogP contribution in [0, 0.1) is 13.8 Å². The maximum absolute atomic E-state index is 4.88. The molecule has 0 aliphatic carbocycles. The predicted octanol–water partition coefficient (Wildman–Crippen LogP) is 1.80. The summed E-state index contributed by atoms with van der Waals surface area (Å²) in [6.45, 7) is 13.5. The molecule has 0 amide bonds. The molecule has 2 aliphatic rings. The second-order valence-electron chi connectivity index (χ2n) is 8.00. The van der Waals surface area contributed by atoms with Crippen molar-refractivity contribution in [2.24, 2.45) is 9.98 Å². The van der Waals surface area contributed by atoms with Crippen molar-refractivity contribution in [2.75, 3.05) is 0 Å². The lowest BCUT2D eigenvalue weighted by atomic mass is 10.1. The van der Waals surface area contributed by atoms with Crippen LogP contribution in [-0.2, 0) is 6.54 Å². The van der Waals surface area contributed by atoms with E-state index < -0.39 is 0 Å². The monoisotopic (exact) mass is 379 g/mol.